The van der Waals surface area contributed by atoms with Crippen LogP contribution in [0.15, 0.2) is 52.9 Å². The van der Waals surface area contributed by atoms with Gasteiger partial charge in [-0.2, -0.15) is 5.10 Å². The number of aromatic nitrogens is 1. The van der Waals surface area contributed by atoms with Gasteiger partial charge in [0, 0.05) is 10.9 Å². The van der Waals surface area contributed by atoms with Crippen LogP contribution < -0.4 is 10.2 Å². The molecule has 24 heavy (non-hydrogen) atoms. The van der Waals surface area contributed by atoms with Crippen molar-refractivity contribution in [3.05, 3.63) is 64.2 Å². The number of hydrogen-bond acceptors (Lipinski definition) is 5. The first kappa shape index (κ1) is 16.4. The number of hydrogen-bond donors (Lipinski definition) is 1. The molecule has 0 fully saturated rings. The van der Waals surface area contributed by atoms with E-state index in [2.05, 4.69) is 15.5 Å². The number of anilines is 1. The van der Waals surface area contributed by atoms with Crippen LogP contribution in [0.4, 0.5) is 9.52 Å². The summed E-state index contributed by atoms with van der Waals surface area (Å²) in [6.45, 7) is 0. The van der Waals surface area contributed by atoms with Crippen LogP contribution in [0.2, 0.25) is 5.02 Å². The average Bonchev–Trinajstić information content (AvgIpc) is 3.04. The molecule has 0 saturated heterocycles. The fourth-order valence-electron chi connectivity index (χ4n) is 2.08. The van der Waals surface area contributed by atoms with Gasteiger partial charge in [0.25, 0.3) is 0 Å². The van der Waals surface area contributed by atoms with Crippen LogP contribution in [-0.2, 0) is 0 Å². The summed E-state index contributed by atoms with van der Waals surface area (Å²) >= 11 is 7.38. The molecule has 122 valence electrons. The van der Waals surface area contributed by atoms with Crippen LogP contribution in [-0.4, -0.2) is 18.3 Å². The number of nitrogens with zero attached hydrogens (tertiary/aromatic N) is 2. The van der Waals surface area contributed by atoms with Gasteiger partial charge in [-0.3, -0.25) is 5.43 Å². The zero-order chi connectivity index (χ0) is 16.9. The summed E-state index contributed by atoms with van der Waals surface area (Å²) < 4.78 is 18.6. The molecule has 1 aromatic heterocycles. The molecular weight excluding hydrogens is 349 g/mol. The van der Waals surface area contributed by atoms with Crippen LogP contribution in [0.3, 0.4) is 0 Å². The molecule has 0 radical (unpaired) electrons. The highest BCUT2D eigenvalue weighted by Gasteiger charge is 2.09. The highest BCUT2D eigenvalue weighted by molar-refractivity contribution is 7.14. The lowest BCUT2D eigenvalue weighted by molar-refractivity contribution is 0.387. The van der Waals surface area contributed by atoms with Crippen LogP contribution in [0.25, 0.3) is 11.3 Å². The highest BCUT2D eigenvalue weighted by Crippen LogP contribution is 2.28. The van der Waals surface area contributed by atoms with Crippen molar-refractivity contribution in [2.24, 2.45) is 5.10 Å². The number of methoxy groups -OCH3 is 1. The molecule has 1 heterocycles. The summed E-state index contributed by atoms with van der Waals surface area (Å²) in [5, 5.41) is 6.84. The van der Waals surface area contributed by atoms with Crippen LogP contribution in [0.1, 0.15) is 5.56 Å². The van der Waals surface area contributed by atoms with Crippen molar-refractivity contribution in [1.29, 1.82) is 0 Å². The third kappa shape index (κ3) is 3.72. The fraction of sp³-hybridized carbons (Fsp3) is 0.0588. The van der Waals surface area contributed by atoms with Crippen LogP contribution in [0.5, 0.6) is 5.75 Å². The van der Waals surface area contributed by atoms with Crippen molar-refractivity contribution in [3.8, 4) is 17.0 Å². The van der Waals surface area contributed by atoms with Gasteiger partial charge >= 0.3 is 0 Å². The molecule has 0 aliphatic carbocycles. The van der Waals surface area contributed by atoms with E-state index in [0.29, 0.717) is 10.7 Å². The molecule has 0 aliphatic heterocycles. The van der Waals surface area contributed by atoms with Gasteiger partial charge < -0.3 is 4.74 Å². The standard InChI is InChI=1S/C17H13ClFN3OS/c1-23-16-13(18)7-11(8-14(16)19)9-20-22-17-21-15(10-24-17)12-5-3-2-4-6-12/h2-10H,1H3,(H,21,22). The van der Waals surface area contributed by atoms with E-state index in [9.17, 15) is 4.39 Å². The maximum absolute atomic E-state index is 13.8. The molecule has 2 aromatic carbocycles. The van der Waals surface area contributed by atoms with Crippen molar-refractivity contribution in [3.63, 3.8) is 0 Å². The lowest BCUT2D eigenvalue weighted by Gasteiger charge is -2.05. The molecule has 1 N–H and O–H groups in total. The van der Waals surface area contributed by atoms with Crippen LogP contribution >= 0.6 is 22.9 Å². The van der Waals surface area contributed by atoms with Gasteiger partial charge in [-0.25, -0.2) is 9.37 Å². The number of nitrogens with one attached hydrogen (secondary N) is 1. The number of halogens is 2. The van der Waals surface area contributed by atoms with Gasteiger partial charge in [-0.05, 0) is 17.7 Å². The minimum atomic E-state index is -0.535. The molecule has 0 aliphatic rings. The fourth-order valence-corrected chi connectivity index (χ4v) is 3.04. The number of benzene rings is 2. The Morgan fingerprint density at radius 3 is 2.79 bits per heavy atom. The quantitative estimate of drug-likeness (QED) is 0.510. The normalized spacial score (nSPS) is 11.0. The maximum Gasteiger partial charge on any atom is 0.203 e. The molecule has 0 amide bonds. The average molecular weight is 362 g/mol. The zero-order valence-corrected chi connectivity index (χ0v) is 14.2. The molecule has 4 nitrogen and oxygen atoms in total. The van der Waals surface area contributed by atoms with E-state index < -0.39 is 5.82 Å². The Bertz CT molecular complexity index is 844. The van der Waals surface area contributed by atoms with E-state index in [4.69, 9.17) is 16.3 Å². The number of thiazole rings is 1. The van der Waals surface area contributed by atoms with Gasteiger partial charge in [0.05, 0.1) is 24.0 Å². The second-order valence-corrected chi connectivity index (χ2v) is 6.06. The first-order valence-corrected chi connectivity index (χ1v) is 8.26. The van der Waals surface area contributed by atoms with Gasteiger partial charge in [-0.15, -0.1) is 11.3 Å². The van der Waals surface area contributed by atoms with Crippen molar-refractivity contribution >= 4 is 34.3 Å². The smallest absolute Gasteiger partial charge is 0.203 e. The second kappa shape index (κ2) is 7.42. The number of ether oxygens (including phenoxy) is 1. The first-order valence-electron chi connectivity index (χ1n) is 7.00. The van der Waals surface area contributed by atoms with Crippen LogP contribution in [0, 0.1) is 5.82 Å². The third-order valence-corrected chi connectivity index (χ3v) is 4.20. The number of rotatable bonds is 5. The second-order valence-electron chi connectivity index (χ2n) is 4.79. The SMILES string of the molecule is COc1c(F)cc(C=NNc2nc(-c3ccccc3)cs2)cc1Cl. The Morgan fingerprint density at radius 2 is 2.08 bits per heavy atom. The Kier molecular flexibility index (Phi) is 5.08. The predicted octanol–water partition coefficient (Wildman–Crippen LogP) is 5.06. The molecule has 0 unspecified atom stereocenters. The Labute approximate surface area is 147 Å². The monoisotopic (exact) mass is 361 g/mol. The first-order chi connectivity index (χ1) is 11.7. The molecule has 3 aromatic rings. The largest absolute Gasteiger partial charge is 0.492 e. The molecule has 0 atom stereocenters. The Morgan fingerprint density at radius 1 is 1.29 bits per heavy atom. The summed E-state index contributed by atoms with van der Waals surface area (Å²) in [7, 11) is 1.37. The topological polar surface area (TPSA) is 46.5 Å². The van der Waals surface area contributed by atoms with E-state index >= 15 is 0 Å². The summed E-state index contributed by atoms with van der Waals surface area (Å²) in [4.78, 5) is 4.45. The lowest BCUT2D eigenvalue weighted by atomic mass is 10.2. The summed E-state index contributed by atoms with van der Waals surface area (Å²) in [5.74, 6) is -0.513. The molecule has 0 saturated carbocycles. The van der Waals surface area contributed by atoms with Gasteiger partial charge in [0.1, 0.15) is 0 Å². The van der Waals surface area contributed by atoms with Crippen molar-refractivity contribution < 1.29 is 9.13 Å². The Hall–Kier alpha value is -2.44. The maximum atomic E-state index is 13.8. The van der Waals surface area contributed by atoms with Gasteiger partial charge in [0.2, 0.25) is 5.13 Å². The van der Waals surface area contributed by atoms with E-state index in [1.165, 1.54) is 30.7 Å². The molecule has 7 heteroatoms. The van der Waals surface area contributed by atoms with Crippen molar-refractivity contribution in [2.45, 2.75) is 0 Å². The molecule has 0 spiro atoms. The lowest BCUT2D eigenvalue weighted by Crippen LogP contribution is -1.94. The minimum Gasteiger partial charge on any atom is -0.492 e. The van der Waals surface area contributed by atoms with E-state index in [-0.39, 0.29) is 10.8 Å². The predicted molar refractivity (Wildman–Crippen MR) is 96.7 cm³/mol. The van der Waals surface area contributed by atoms with E-state index in [0.717, 1.165) is 11.3 Å². The molecular formula is C17H13ClFN3OS. The highest BCUT2D eigenvalue weighted by atomic mass is 35.5. The number of hydrazone groups is 1. The third-order valence-electron chi connectivity index (χ3n) is 3.17. The molecule has 3 rings (SSSR count). The Balaban J connectivity index is 1.70. The van der Waals surface area contributed by atoms with Crippen molar-refractivity contribution in [1.82, 2.24) is 4.98 Å². The summed E-state index contributed by atoms with van der Waals surface area (Å²) in [5.41, 5.74) is 5.26. The zero-order valence-electron chi connectivity index (χ0n) is 12.7. The van der Waals surface area contributed by atoms with E-state index in [1.54, 1.807) is 6.07 Å². The van der Waals surface area contributed by atoms with E-state index in [1.807, 2.05) is 35.7 Å². The van der Waals surface area contributed by atoms with Gasteiger partial charge in [-0.1, -0.05) is 41.9 Å². The molecule has 0 bridgehead atoms. The summed E-state index contributed by atoms with van der Waals surface area (Å²) in [6, 6.07) is 12.7. The summed E-state index contributed by atoms with van der Waals surface area (Å²) in [6.07, 6.45) is 1.47. The van der Waals surface area contributed by atoms with Crippen molar-refractivity contribution in [2.75, 3.05) is 12.5 Å². The minimum absolute atomic E-state index is 0.0224. The van der Waals surface area contributed by atoms with Gasteiger partial charge in [0.15, 0.2) is 11.6 Å².